The molecule has 0 fully saturated rings. The van der Waals surface area contributed by atoms with Crippen LogP contribution in [0.4, 0.5) is 0 Å². The molecule has 0 aliphatic heterocycles. The molecule has 4 heteroatoms. The van der Waals surface area contributed by atoms with Gasteiger partial charge >= 0.3 is 0 Å². The van der Waals surface area contributed by atoms with Crippen molar-refractivity contribution >= 4 is 54.4 Å². The molecular formula is C56H36N4. The Hall–Kier alpha value is -8.08. The van der Waals surface area contributed by atoms with Gasteiger partial charge in [0.2, 0.25) is 0 Å². The highest BCUT2D eigenvalue weighted by atomic mass is 15.0. The highest BCUT2D eigenvalue weighted by Gasteiger charge is 2.21. The maximum atomic E-state index is 5.19. The van der Waals surface area contributed by atoms with Crippen molar-refractivity contribution in [3.8, 4) is 56.4 Å². The van der Waals surface area contributed by atoms with Gasteiger partial charge in [-0.25, -0.2) is 9.97 Å². The highest BCUT2D eigenvalue weighted by molar-refractivity contribution is 6.26. The molecule has 0 unspecified atom stereocenters. The van der Waals surface area contributed by atoms with Gasteiger partial charge in [0.05, 0.1) is 33.5 Å². The molecule has 0 atom stereocenters. The first kappa shape index (κ1) is 34.0. The standard InChI is InChI=1S/C56H36N4/c1-4-16-37(17-5-1)40-22-14-24-42(34-40)60-51-28-12-10-25-46(51)47-32-33-53-54(55(47)60)48-26-11-13-29-52(48)59(53)43-30-31-44-41(35-43)23-15-27-45(44)50-36-49(38-18-6-2-7-19-38)57-56(58-50)39-20-8-3-9-21-39/h1-36H. The first-order valence-corrected chi connectivity index (χ1v) is 20.4. The third kappa shape index (κ3) is 5.46. The van der Waals surface area contributed by atoms with Gasteiger partial charge in [-0.2, -0.15) is 0 Å². The number of hydrogen-bond donors (Lipinski definition) is 0. The Morgan fingerprint density at radius 1 is 0.317 bits per heavy atom. The Balaban J connectivity index is 1.07. The number of fused-ring (bicyclic) bond motifs is 8. The van der Waals surface area contributed by atoms with Crippen molar-refractivity contribution in [3.05, 3.63) is 218 Å². The zero-order valence-electron chi connectivity index (χ0n) is 32.6. The Bertz CT molecular complexity index is 3530. The number of hydrogen-bond acceptors (Lipinski definition) is 2. The van der Waals surface area contributed by atoms with E-state index in [0.717, 1.165) is 50.2 Å². The van der Waals surface area contributed by atoms with Gasteiger partial charge in [0.15, 0.2) is 5.82 Å². The van der Waals surface area contributed by atoms with Crippen LogP contribution < -0.4 is 0 Å². The predicted octanol–water partition coefficient (Wildman–Crippen LogP) is 14.5. The molecule has 0 amide bonds. The summed E-state index contributed by atoms with van der Waals surface area (Å²) >= 11 is 0. The lowest BCUT2D eigenvalue weighted by Gasteiger charge is -2.13. The van der Waals surface area contributed by atoms with E-state index in [0.29, 0.717) is 5.82 Å². The van der Waals surface area contributed by atoms with Gasteiger partial charge in [-0.15, -0.1) is 0 Å². The summed E-state index contributed by atoms with van der Waals surface area (Å²) < 4.78 is 4.91. The fourth-order valence-corrected chi connectivity index (χ4v) is 9.20. The van der Waals surface area contributed by atoms with Gasteiger partial charge in [-0.05, 0) is 70.4 Å². The second kappa shape index (κ2) is 13.8. The summed E-state index contributed by atoms with van der Waals surface area (Å²) in [6, 6.07) is 78.0. The molecule has 0 bridgehead atoms. The molecule has 60 heavy (non-hydrogen) atoms. The summed E-state index contributed by atoms with van der Waals surface area (Å²) in [6.07, 6.45) is 0. The lowest BCUT2D eigenvalue weighted by atomic mass is 9.99. The molecule has 3 aromatic heterocycles. The van der Waals surface area contributed by atoms with Crippen molar-refractivity contribution in [3.63, 3.8) is 0 Å². The van der Waals surface area contributed by atoms with Crippen LogP contribution in [0.1, 0.15) is 0 Å². The van der Waals surface area contributed by atoms with Crippen LogP contribution in [0.3, 0.4) is 0 Å². The van der Waals surface area contributed by atoms with E-state index in [-0.39, 0.29) is 0 Å². The van der Waals surface area contributed by atoms with Crippen LogP contribution in [-0.2, 0) is 0 Å². The van der Waals surface area contributed by atoms with E-state index in [1.54, 1.807) is 0 Å². The number of rotatable bonds is 6. The maximum Gasteiger partial charge on any atom is 0.160 e. The van der Waals surface area contributed by atoms with Crippen molar-refractivity contribution in [2.24, 2.45) is 0 Å². The summed E-state index contributed by atoms with van der Waals surface area (Å²) in [5.74, 6) is 0.710. The first-order valence-electron chi connectivity index (χ1n) is 20.4. The van der Waals surface area contributed by atoms with Crippen LogP contribution in [-0.4, -0.2) is 19.1 Å². The van der Waals surface area contributed by atoms with Crippen molar-refractivity contribution in [2.45, 2.75) is 0 Å². The van der Waals surface area contributed by atoms with Gasteiger partial charge in [0.25, 0.3) is 0 Å². The van der Waals surface area contributed by atoms with Crippen molar-refractivity contribution in [2.75, 3.05) is 0 Å². The molecule has 4 nitrogen and oxygen atoms in total. The molecule has 0 radical (unpaired) electrons. The fourth-order valence-electron chi connectivity index (χ4n) is 9.20. The molecule has 3 heterocycles. The molecule has 0 aliphatic rings. The van der Waals surface area contributed by atoms with E-state index < -0.39 is 0 Å². The van der Waals surface area contributed by atoms with Gasteiger partial charge in [0, 0.05) is 49.6 Å². The molecule has 280 valence electrons. The van der Waals surface area contributed by atoms with Crippen LogP contribution >= 0.6 is 0 Å². The topological polar surface area (TPSA) is 35.6 Å². The molecule has 0 aliphatic carbocycles. The lowest BCUT2D eigenvalue weighted by Crippen LogP contribution is -1.97. The minimum absolute atomic E-state index is 0.710. The summed E-state index contributed by atoms with van der Waals surface area (Å²) in [6.45, 7) is 0. The normalized spacial score (nSPS) is 11.7. The van der Waals surface area contributed by atoms with E-state index in [1.165, 1.54) is 54.7 Å². The second-order valence-electron chi connectivity index (χ2n) is 15.4. The number of aromatic nitrogens is 4. The van der Waals surface area contributed by atoms with Gasteiger partial charge in [-0.1, -0.05) is 170 Å². The zero-order valence-corrected chi connectivity index (χ0v) is 32.6. The lowest BCUT2D eigenvalue weighted by molar-refractivity contribution is 1.18. The SMILES string of the molecule is c1ccc(-c2cccc(-n3c4ccccc4c4ccc5c(c6ccccc6n5-c5ccc6c(-c7cc(-c8ccccc8)nc(-c8ccccc8)n7)cccc6c5)c43)c2)cc1. The fraction of sp³-hybridized carbons (Fsp3) is 0. The molecule has 9 aromatic carbocycles. The molecular weight excluding hydrogens is 729 g/mol. The molecule has 0 saturated carbocycles. The number of benzene rings is 9. The van der Waals surface area contributed by atoms with Crippen molar-refractivity contribution in [1.29, 1.82) is 0 Å². The van der Waals surface area contributed by atoms with Gasteiger partial charge in [-0.3, -0.25) is 0 Å². The van der Waals surface area contributed by atoms with Gasteiger partial charge in [0.1, 0.15) is 0 Å². The third-order valence-electron chi connectivity index (χ3n) is 11.9. The summed E-state index contributed by atoms with van der Waals surface area (Å²) in [4.78, 5) is 10.2. The van der Waals surface area contributed by atoms with Crippen LogP contribution in [0.5, 0.6) is 0 Å². The number of nitrogens with zero attached hydrogens (tertiary/aromatic N) is 4. The Morgan fingerprint density at radius 2 is 0.917 bits per heavy atom. The van der Waals surface area contributed by atoms with Crippen molar-refractivity contribution in [1.82, 2.24) is 19.1 Å². The minimum atomic E-state index is 0.710. The Labute approximate surface area is 346 Å². The van der Waals surface area contributed by atoms with E-state index in [1.807, 2.05) is 24.3 Å². The van der Waals surface area contributed by atoms with Crippen molar-refractivity contribution < 1.29 is 0 Å². The predicted molar refractivity (Wildman–Crippen MR) is 250 cm³/mol. The summed E-state index contributed by atoms with van der Waals surface area (Å²) in [5.41, 5.74) is 14.3. The van der Waals surface area contributed by atoms with Crippen LogP contribution in [0.15, 0.2) is 218 Å². The highest BCUT2D eigenvalue weighted by Crippen LogP contribution is 2.43. The largest absolute Gasteiger partial charge is 0.309 e. The zero-order chi connectivity index (χ0) is 39.6. The minimum Gasteiger partial charge on any atom is -0.309 e. The molecule has 12 rings (SSSR count). The van der Waals surface area contributed by atoms with E-state index in [2.05, 4.69) is 203 Å². The monoisotopic (exact) mass is 764 g/mol. The molecule has 0 N–H and O–H groups in total. The maximum absolute atomic E-state index is 5.19. The average Bonchev–Trinajstić information content (AvgIpc) is 3.85. The molecule has 0 spiro atoms. The Morgan fingerprint density at radius 3 is 1.70 bits per heavy atom. The van der Waals surface area contributed by atoms with E-state index >= 15 is 0 Å². The second-order valence-corrected chi connectivity index (χ2v) is 15.4. The van der Waals surface area contributed by atoms with Crippen LogP contribution in [0, 0.1) is 0 Å². The molecule has 12 aromatic rings. The summed E-state index contributed by atoms with van der Waals surface area (Å²) in [5, 5.41) is 7.22. The summed E-state index contributed by atoms with van der Waals surface area (Å²) in [7, 11) is 0. The van der Waals surface area contributed by atoms with E-state index in [4.69, 9.17) is 9.97 Å². The van der Waals surface area contributed by atoms with Crippen LogP contribution in [0.25, 0.3) is 111 Å². The van der Waals surface area contributed by atoms with E-state index in [9.17, 15) is 0 Å². The quantitative estimate of drug-likeness (QED) is 0.169. The molecule has 0 saturated heterocycles. The average molecular weight is 765 g/mol. The van der Waals surface area contributed by atoms with Gasteiger partial charge < -0.3 is 9.13 Å². The first-order chi connectivity index (χ1) is 29.8. The number of para-hydroxylation sites is 2. The van der Waals surface area contributed by atoms with Crippen LogP contribution in [0.2, 0.25) is 0 Å². The Kier molecular flexibility index (Phi) is 7.82. The smallest absolute Gasteiger partial charge is 0.160 e. The third-order valence-corrected chi connectivity index (χ3v) is 11.9.